The van der Waals surface area contributed by atoms with Crippen molar-refractivity contribution in [3.05, 3.63) is 42.0 Å². The molecule has 0 saturated heterocycles. The van der Waals surface area contributed by atoms with Gasteiger partial charge >= 0.3 is 11.9 Å². The van der Waals surface area contributed by atoms with E-state index < -0.39 is 11.4 Å². The Morgan fingerprint density at radius 3 is 2.24 bits per heavy atom. The summed E-state index contributed by atoms with van der Waals surface area (Å²) in [5.41, 5.74) is 0.669. The number of benzene rings is 1. The lowest BCUT2D eigenvalue weighted by Gasteiger charge is -2.20. The lowest BCUT2D eigenvalue weighted by molar-refractivity contribution is -0.197. The third-order valence-electron chi connectivity index (χ3n) is 3.54. The molecule has 6 heteroatoms. The van der Waals surface area contributed by atoms with Crippen molar-refractivity contribution in [2.24, 2.45) is 5.41 Å². The summed E-state index contributed by atoms with van der Waals surface area (Å²) in [6.07, 6.45) is 0.677. The van der Waals surface area contributed by atoms with E-state index in [1.807, 2.05) is 27.7 Å². The van der Waals surface area contributed by atoms with Crippen LogP contribution >= 0.6 is 0 Å². The highest BCUT2D eigenvalue weighted by molar-refractivity contribution is 5.89. The highest BCUT2D eigenvalue weighted by atomic mass is 17.2. The van der Waals surface area contributed by atoms with Gasteiger partial charge in [-0.05, 0) is 51.5 Å². The molecule has 25 heavy (non-hydrogen) atoms. The zero-order chi connectivity index (χ0) is 18.9. The molecule has 0 atom stereocenters. The van der Waals surface area contributed by atoms with Gasteiger partial charge in [-0.15, -0.1) is 0 Å². The van der Waals surface area contributed by atoms with Gasteiger partial charge in [-0.25, -0.2) is 4.79 Å². The maximum atomic E-state index is 11.9. The molecule has 0 aromatic heterocycles. The number of rotatable bonds is 10. The second-order valence-corrected chi connectivity index (χ2v) is 6.34. The monoisotopic (exact) mass is 350 g/mol. The van der Waals surface area contributed by atoms with E-state index in [1.54, 1.807) is 24.3 Å². The number of hydrogen-bond donors (Lipinski definition) is 0. The van der Waals surface area contributed by atoms with Gasteiger partial charge in [0.05, 0.1) is 11.0 Å². The number of hydrogen-bond acceptors (Lipinski definition) is 6. The molecular weight excluding hydrogens is 324 g/mol. The van der Waals surface area contributed by atoms with Crippen molar-refractivity contribution in [1.29, 1.82) is 0 Å². The Morgan fingerprint density at radius 2 is 1.68 bits per heavy atom. The molecule has 0 amide bonds. The third kappa shape index (κ3) is 7.39. The minimum atomic E-state index is -0.536. The van der Waals surface area contributed by atoms with Gasteiger partial charge in [0.2, 0.25) is 0 Å². The molecule has 0 heterocycles. The topological polar surface area (TPSA) is 71.1 Å². The first-order chi connectivity index (χ1) is 11.8. The smallest absolute Gasteiger partial charge is 0.338 e. The van der Waals surface area contributed by atoms with Crippen LogP contribution < -0.4 is 4.89 Å². The molecule has 1 rings (SSSR count). The summed E-state index contributed by atoms with van der Waals surface area (Å²) in [7, 11) is 0. The van der Waals surface area contributed by atoms with Gasteiger partial charge in [0.25, 0.3) is 0 Å². The SMILES string of the molecule is C=C(C)COOc1ccc(C(=O)OCCOC(=O)C(C)(C)CC)cc1. The lowest BCUT2D eigenvalue weighted by Crippen LogP contribution is -2.27. The maximum absolute atomic E-state index is 11.9. The largest absolute Gasteiger partial charge is 0.462 e. The van der Waals surface area contributed by atoms with Crippen LogP contribution in [-0.2, 0) is 19.2 Å². The third-order valence-corrected chi connectivity index (χ3v) is 3.54. The molecule has 0 radical (unpaired) electrons. The molecule has 0 bridgehead atoms. The normalized spacial score (nSPS) is 10.9. The van der Waals surface area contributed by atoms with Crippen molar-refractivity contribution in [1.82, 2.24) is 0 Å². The van der Waals surface area contributed by atoms with E-state index in [9.17, 15) is 9.59 Å². The Bertz CT molecular complexity index is 588. The summed E-state index contributed by atoms with van der Waals surface area (Å²) >= 11 is 0. The maximum Gasteiger partial charge on any atom is 0.338 e. The Morgan fingerprint density at radius 1 is 1.08 bits per heavy atom. The molecule has 1 aromatic rings. The zero-order valence-corrected chi connectivity index (χ0v) is 15.3. The summed E-state index contributed by atoms with van der Waals surface area (Å²) in [6, 6.07) is 6.32. The molecule has 0 spiro atoms. The second-order valence-electron chi connectivity index (χ2n) is 6.34. The molecule has 0 aliphatic carbocycles. The fraction of sp³-hybridized carbons (Fsp3) is 0.474. The molecule has 1 aromatic carbocycles. The molecular formula is C19H26O6. The highest BCUT2D eigenvalue weighted by Crippen LogP contribution is 2.21. The van der Waals surface area contributed by atoms with Crippen molar-refractivity contribution in [3.8, 4) is 5.75 Å². The Labute approximate surface area is 148 Å². The van der Waals surface area contributed by atoms with Gasteiger partial charge in [0.15, 0.2) is 5.75 Å². The highest BCUT2D eigenvalue weighted by Gasteiger charge is 2.26. The fourth-order valence-electron chi connectivity index (χ4n) is 1.54. The van der Waals surface area contributed by atoms with E-state index in [4.69, 9.17) is 19.2 Å². The van der Waals surface area contributed by atoms with E-state index in [2.05, 4.69) is 6.58 Å². The minimum Gasteiger partial charge on any atom is -0.462 e. The van der Waals surface area contributed by atoms with Gasteiger partial charge < -0.3 is 14.4 Å². The zero-order valence-electron chi connectivity index (χ0n) is 15.3. The van der Waals surface area contributed by atoms with Crippen LogP contribution in [0.3, 0.4) is 0 Å². The van der Waals surface area contributed by atoms with Crippen LogP contribution in [0.15, 0.2) is 36.4 Å². The van der Waals surface area contributed by atoms with Gasteiger partial charge in [0.1, 0.15) is 19.8 Å². The Kier molecular flexibility index (Phi) is 8.15. The van der Waals surface area contributed by atoms with Crippen LogP contribution in [0, 0.1) is 5.41 Å². The van der Waals surface area contributed by atoms with Crippen LogP contribution in [-0.4, -0.2) is 31.8 Å². The van der Waals surface area contributed by atoms with Gasteiger partial charge in [0, 0.05) is 0 Å². The molecule has 0 aliphatic heterocycles. The average Bonchev–Trinajstić information content (AvgIpc) is 2.58. The van der Waals surface area contributed by atoms with Crippen LogP contribution in [0.25, 0.3) is 0 Å². The summed E-state index contributed by atoms with van der Waals surface area (Å²) in [4.78, 5) is 33.7. The van der Waals surface area contributed by atoms with Crippen molar-refractivity contribution < 1.29 is 28.8 Å². The second kappa shape index (κ2) is 9.84. The van der Waals surface area contributed by atoms with Crippen LogP contribution in [0.2, 0.25) is 0 Å². The summed E-state index contributed by atoms with van der Waals surface area (Å²) in [5.74, 6) is -0.337. The molecule has 0 fully saturated rings. The first-order valence-electron chi connectivity index (χ1n) is 8.14. The predicted octanol–water partition coefficient (Wildman–Crippen LogP) is 3.71. The van der Waals surface area contributed by atoms with Crippen molar-refractivity contribution in [2.75, 3.05) is 19.8 Å². The van der Waals surface area contributed by atoms with E-state index in [1.165, 1.54) is 0 Å². The molecule has 0 unspecified atom stereocenters. The number of carbonyl (C=O) groups is 2. The van der Waals surface area contributed by atoms with Gasteiger partial charge in [-0.2, -0.15) is 4.89 Å². The Hall–Kier alpha value is -2.34. The summed E-state index contributed by atoms with van der Waals surface area (Å²) in [5, 5.41) is 0. The molecule has 6 nitrogen and oxygen atoms in total. The fourth-order valence-corrected chi connectivity index (χ4v) is 1.54. The number of carbonyl (C=O) groups excluding carboxylic acids is 2. The van der Waals surface area contributed by atoms with E-state index >= 15 is 0 Å². The van der Waals surface area contributed by atoms with E-state index in [0.717, 1.165) is 5.57 Å². The quantitative estimate of drug-likeness (QED) is 0.211. The predicted molar refractivity (Wildman–Crippen MR) is 93.1 cm³/mol. The van der Waals surface area contributed by atoms with Crippen LogP contribution in [0.5, 0.6) is 5.75 Å². The van der Waals surface area contributed by atoms with Crippen molar-refractivity contribution in [3.63, 3.8) is 0 Å². The summed E-state index contributed by atoms with van der Waals surface area (Å²) in [6.45, 7) is 11.4. The van der Waals surface area contributed by atoms with E-state index in [0.29, 0.717) is 17.7 Å². The van der Waals surface area contributed by atoms with Crippen LogP contribution in [0.4, 0.5) is 0 Å². The number of esters is 2. The molecule has 0 saturated carbocycles. The Balaban J connectivity index is 2.35. The number of ether oxygens (including phenoxy) is 2. The van der Waals surface area contributed by atoms with Gasteiger partial charge in [-0.3, -0.25) is 4.79 Å². The van der Waals surface area contributed by atoms with Crippen molar-refractivity contribution in [2.45, 2.75) is 34.1 Å². The molecule has 0 aliphatic rings. The first-order valence-corrected chi connectivity index (χ1v) is 8.14. The van der Waals surface area contributed by atoms with Crippen molar-refractivity contribution >= 4 is 11.9 Å². The minimum absolute atomic E-state index is 0.00431. The lowest BCUT2D eigenvalue weighted by atomic mass is 9.91. The summed E-state index contributed by atoms with van der Waals surface area (Å²) < 4.78 is 10.2. The van der Waals surface area contributed by atoms with E-state index in [-0.39, 0.29) is 25.8 Å². The van der Waals surface area contributed by atoms with Crippen LogP contribution in [0.1, 0.15) is 44.5 Å². The van der Waals surface area contributed by atoms with Gasteiger partial charge in [-0.1, -0.05) is 19.1 Å². The average molecular weight is 350 g/mol. The molecule has 138 valence electrons. The first kappa shape index (κ1) is 20.7. The molecule has 0 N–H and O–H groups in total. The standard InChI is InChI=1S/C19H26O6/c1-6-19(4,5)18(21)23-12-11-22-17(20)15-7-9-16(10-8-15)25-24-13-14(2)3/h7-10H,2,6,11-13H2,1,3-5H3.